The van der Waals surface area contributed by atoms with Crippen LogP contribution in [-0.4, -0.2) is 41.7 Å². The van der Waals surface area contributed by atoms with E-state index in [-0.39, 0.29) is 11.8 Å². The molecule has 0 saturated heterocycles. The third-order valence-corrected chi connectivity index (χ3v) is 4.82. The standard InChI is InChI=1S/C17H24N2O2/c1-19(12-17(21)9-4-5-10-17)16(20)14-8-11-18-15-7-3-2-6-13(14)15/h2-3,6-7,14,18,21H,4-5,8-12H2,1H3. The quantitative estimate of drug-likeness (QED) is 0.897. The van der Waals surface area contributed by atoms with Gasteiger partial charge in [-0.15, -0.1) is 0 Å². The highest BCUT2D eigenvalue weighted by molar-refractivity contribution is 5.86. The summed E-state index contributed by atoms with van der Waals surface area (Å²) < 4.78 is 0. The molecule has 21 heavy (non-hydrogen) atoms. The van der Waals surface area contributed by atoms with Gasteiger partial charge in [0.25, 0.3) is 0 Å². The largest absolute Gasteiger partial charge is 0.388 e. The van der Waals surface area contributed by atoms with E-state index in [4.69, 9.17) is 0 Å². The minimum atomic E-state index is -0.670. The van der Waals surface area contributed by atoms with E-state index in [1.165, 1.54) is 0 Å². The van der Waals surface area contributed by atoms with Gasteiger partial charge in [-0.2, -0.15) is 0 Å². The molecule has 1 atom stereocenters. The maximum absolute atomic E-state index is 12.8. The van der Waals surface area contributed by atoms with Gasteiger partial charge in [-0.1, -0.05) is 31.0 Å². The predicted molar refractivity (Wildman–Crippen MR) is 83.3 cm³/mol. The van der Waals surface area contributed by atoms with Crippen molar-refractivity contribution in [1.82, 2.24) is 4.90 Å². The molecule has 1 fully saturated rings. The van der Waals surface area contributed by atoms with Gasteiger partial charge in [0, 0.05) is 25.8 Å². The summed E-state index contributed by atoms with van der Waals surface area (Å²) in [4.78, 5) is 14.5. The van der Waals surface area contributed by atoms with E-state index in [0.29, 0.717) is 6.54 Å². The third kappa shape index (κ3) is 2.91. The molecule has 2 aliphatic rings. The van der Waals surface area contributed by atoms with E-state index in [0.717, 1.165) is 49.9 Å². The molecule has 4 heteroatoms. The first-order valence-electron chi connectivity index (χ1n) is 7.89. The molecule has 0 bridgehead atoms. The molecule has 1 aromatic rings. The van der Waals surface area contributed by atoms with Crippen LogP contribution in [0.2, 0.25) is 0 Å². The number of rotatable bonds is 3. The van der Waals surface area contributed by atoms with Gasteiger partial charge >= 0.3 is 0 Å². The van der Waals surface area contributed by atoms with E-state index < -0.39 is 5.60 Å². The lowest BCUT2D eigenvalue weighted by molar-refractivity contribution is -0.135. The molecule has 0 spiro atoms. The molecule has 1 saturated carbocycles. The Labute approximate surface area is 126 Å². The smallest absolute Gasteiger partial charge is 0.230 e. The molecule has 1 aromatic carbocycles. The number of hydrogen-bond acceptors (Lipinski definition) is 3. The number of amides is 1. The summed E-state index contributed by atoms with van der Waals surface area (Å²) in [6.07, 6.45) is 4.57. The average molecular weight is 288 g/mol. The van der Waals surface area contributed by atoms with Crippen molar-refractivity contribution in [2.24, 2.45) is 0 Å². The topological polar surface area (TPSA) is 52.6 Å². The Hall–Kier alpha value is -1.55. The van der Waals surface area contributed by atoms with Gasteiger partial charge < -0.3 is 15.3 Å². The number of aliphatic hydroxyl groups is 1. The Morgan fingerprint density at radius 1 is 1.38 bits per heavy atom. The molecule has 1 amide bonds. The van der Waals surface area contributed by atoms with Crippen molar-refractivity contribution in [3.05, 3.63) is 29.8 Å². The van der Waals surface area contributed by atoms with Crippen LogP contribution in [0, 0.1) is 0 Å². The highest BCUT2D eigenvalue weighted by Crippen LogP contribution is 2.34. The molecule has 4 nitrogen and oxygen atoms in total. The summed E-state index contributed by atoms with van der Waals surface area (Å²) in [5.41, 5.74) is 1.48. The zero-order valence-corrected chi connectivity index (χ0v) is 12.6. The molecular formula is C17H24N2O2. The first-order chi connectivity index (χ1) is 10.1. The Balaban J connectivity index is 1.73. The Kier molecular flexibility index (Phi) is 3.89. The molecule has 2 N–H and O–H groups in total. The number of likely N-dealkylation sites (N-methyl/N-ethyl adjacent to an activating group) is 1. The lowest BCUT2D eigenvalue weighted by Crippen LogP contribution is -2.44. The van der Waals surface area contributed by atoms with Crippen LogP contribution in [0.15, 0.2) is 24.3 Å². The van der Waals surface area contributed by atoms with Crippen LogP contribution in [0.3, 0.4) is 0 Å². The van der Waals surface area contributed by atoms with Crippen molar-refractivity contribution >= 4 is 11.6 Å². The minimum Gasteiger partial charge on any atom is -0.388 e. The van der Waals surface area contributed by atoms with Crippen molar-refractivity contribution in [3.63, 3.8) is 0 Å². The lowest BCUT2D eigenvalue weighted by atomic mass is 9.89. The monoisotopic (exact) mass is 288 g/mol. The van der Waals surface area contributed by atoms with Gasteiger partial charge in [-0.3, -0.25) is 4.79 Å². The zero-order valence-electron chi connectivity index (χ0n) is 12.6. The summed E-state index contributed by atoms with van der Waals surface area (Å²) >= 11 is 0. The SMILES string of the molecule is CN(CC1(O)CCCC1)C(=O)C1CCNc2ccccc21. The van der Waals surface area contributed by atoms with Crippen LogP contribution in [0.4, 0.5) is 5.69 Å². The number of nitrogens with one attached hydrogen (secondary N) is 1. The van der Waals surface area contributed by atoms with Crippen molar-refractivity contribution in [2.45, 2.75) is 43.6 Å². The summed E-state index contributed by atoms with van der Waals surface area (Å²) in [7, 11) is 1.82. The number of nitrogens with zero attached hydrogens (tertiary/aromatic N) is 1. The molecule has 1 unspecified atom stereocenters. The average Bonchev–Trinajstić information content (AvgIpc) is 2.92. The van der Waals surface area contributed by atoms with Crippen LogP contribution < -0.4 is 5.32 Å². The second kappa shape index (κ2) is 5.68. The van der Waals surface area contributed by atoms with Crippen LogP contribution in [0.1, 0.15) is 43.6 Å². The van der Waals surface area contributed by atoms with Crippen molar-refractivity contribution in [2.75, 3.05) is 25.5 Å². The van der Waals surface area contributed by atoms with Crippen LogP contribution in [0.25, 0.3) is 0 Å². The fourth-order valence-corrected chi connectivity index (χ4v) is 3.70. The number of hydrogen-bond donors (Lipinski definition) is 2. The number of fused-ring (bicyclic) bond motifs is 1. The van der Waals surface area contributed by atoms with E-state index in [1.54, 1.807) is 4.90 Å². The first-order valence-corrected chi connectivity index (χ1v) is 7.89. The number of carbonyl (C=O) groups is 1. The van der Waals surface area contributed by atoms with Crippen molar-refractivity contribution in [3.8, 4) is 0 Å². The van der Waals surface area contributed by atoms with Gasteiger partial charge in [-0.05, 0) is 30.9 Å². The number of anilines is 1. The predicted octanol–water partition coefficient (Wildman–Crippen LogP) is 2.35. The van der Waals surface area contributed by atoms with Gasteiger partial charge in [0.1, 0.15) is 0 Å². The van der Waals surface area contributed by atoms with Crippen LogP contribution in [-0.2, 0) is 4.79 Å². The first kappa shape index (κ1) is 14.4. The maximum Gasteiger partial charge on any atom is 0.230 e. The lowest BCUT2D eigenvalue weighted by Gasteiger charge is -2.33. The Morgan fingerprint density at radius 3 is 2.86 bits per heavy atom. The number of para-hydroxylation sites is 1. The minimum absolute atomic E-state index is 0.0857. The highest BCUT2D eigenvalue weighted by Gasteiger charge is 2.36. The van der Waals surface area contributed by atoms with Gasteiger partial charge in [0.2, 0.25) is 5.91 Å². The van der Waals surface area contributed by atoms with Gasteiger partial charge in [0.05, 0.1) is 11.5 Å². The summed E-state index contributed by atoms with van der Waals surface area (Å²) in [6.45, 7) is 1.28. The molecule has 0 aromatic heterocycles. The molecular weight excluding hydrogens is 264 g/mol. The van der Waals surface area contributed by atoms with E-state index >= 15 is 0 Å². The third-order valence-electron chi connectivity index (χ3n) is 4.82. The van der Waals surface area contributed by atoms with E-state index in [1.807, 2.05) is 31.3 Å². The number of benzene rings is 1. The van der Waals surface area contributed by atoms with Crippen molar-refractivity contribution in [1.29, 1.82) is 0 Å². The van der Waals surface area contributed by atoms with Crippen LogP contribution >= 0.6 is 0 Å². The Morgan fingerprint density at radius 2 is 2.10 bits per heavy atom. The second-order valence-electron chi connectivity index (χ2n) is 6.48. The molecule has 1 aliphatic heterocycles. The van der Waals surface area contributed by atoms with Gasteiger partial charge in [-0.25, -0.2) is 0 Å². The highest BCUT2D eigenvalue weighted by atomic mass is 16.3. The summed E-state index contributed by atoms with van der Waals surface area (Å²) in [5.74, 6) is 0.0433. The maximum atomic E-state index is 12.8. The fraction of sp³-hybridized carbons (Fsp3) is 0.588. The molecule has 114 valence electrons. The van der Waals surface area contributed by atoms with Gasteiger partial charge in [0.15, 0.2) is 0 Å². The second-order valence-corrected chi connectivity index (χ2v) is 6.48. The molecule has 0 radical (unpaired) electrons. The summed E-state index contributed by atoms with van der Waals surface area (Å²) in [5, 5.41) is 13.8. The number of carbonyl (C=O) groups excluding carboxylic acids is 1. The van der Waals surface area contributed by atoms with E-state index in [2.05, 4.69) is 5.32 Å². The van der Waals surface area contributed by atoms with Crippen LogP contribution in [0.5, 0.6) is 0 Å². The van der Waals surface area contributed by atoms with E-state index in [9.17, 15) is 9.90 Å². The molecule has 3 rings (SSSR count). The normalized spacial score (nSPS) is 23.2. The Bertz CT molecular complexity index is 523. The molecule has 1 aliphatic carbocycles. The fourth-order valence-electron chi connectivity index (χ4n) is 3.70. The zero-order chi connectivity index (χ0) is 14.9. The van der Waals surface area contributed by atoms with Crippen molar-refractivity contribution < 1.29 is 9.90 Å². The summed E-state index contributed by atoms with van der Waals surface area (Å²) in [6, 6.07) is 8.03. The molecule has 1 heterocycles.